The van der Waals surface area contributed by atoms with Crippen LogP contribution < -0.4 is 10.2 Å². The van der Waals surface area contributed by atoms with Crippen LogP contribution in [0, 0.1) is 12.8 Å². The van der Waals surface area contributed by atoms with Gasteiger partial charge >= 0.3 is 0 Å². The number of nitrogens with one attached hydrogen (secondary N) is 2. The number of anilines is 3. The molecule has 0 radical (unpaired) electrons. The summed E-state index contributed by atoms with van der Waals surface area (Å²) in [6, 6.07) is 18.7. The molecule has 0 amide bonds. The predicted molar refractivity (Wildman–Crippen MR) is 131 cm³/mol. The van der Waals surface area contributed by atoms with E-state index in [2.05, 4.69) is 68.7 Å². The molecule has 33 heavy (non-hydrogen) atoms. The molecule has 3 aromatic heterocycles. The Hall–Kier alpha value is -3.74. The van der Waals surface area contributed by atoms with Crippen LogP contribution in [0.5, 0.6) is 0 Å². The minimum atomic E-state index is 0.589. The van der Waals surface area contributed by atoms with Crippen molar-refractivity contribution in [3.63, 3.8) is 0 Å². The van der Waals surface area contributed by atoms with Crippen LogP contribution >= 0.6 is 0 Å². The zero-order valence-electron chi connectivity index (χ0n) is 19.1. The lowest BCUT2D eigenvalue weighted by atomic mass is 9.93. The summed E-state index contributed by atoms with van der Waals surface area (Å²) >= 11 is 0. The molecule has 4 aromatic rings. The van der Waals surface area contributed by atoms with Gasteiger partial charge in [-0.1, -0.05) is 43.3 Å². The summed E-state index contributed by atoms with van der Waals surface area (Å²) in [5.41, 5.74) is 5.66. The van der Waals surface area contributed by atoms with Gasteiger partial charge in [-0.15, -0.1) is 0 Å². The molecule has 7 heteroatoms. The molecule has 1 aliphatic rings. The highest BCUT2D eigenvalue weighted by atomic mass is 15.3. The number of pyridine rings is 1. The first-order chi connectivity index (χ1) is 16.1. The molecule has 1 saturated heterocycles. The van der Waals surface area contributed by atoms with Crippen LogP contribution in [0.1, 0.15) is 35.1 Å². The summed E-state index contributed by atoms with van der Waals surface area (Å²) in [6.07, 6.45) is 4.70. The second-order valence-electron chi connectivity index (χ2n) is 8.75. The van der Waals surface area contributed by atoms with Gasteiger partial charge in [0.15, 0.2) is 5.82 Å². The largest absolute Gasteiger partial charge is 0.340 e. The van der Waals surface area contributed by atoms with E-state index in [1.165, 1.54) is 11.1 Å². The number of nitrogens with zero attached hydrogens (tertiary/aromatic N) is 5. The molecular formula is C26H29N7. The zero-order valence-corrected chi connectivity index (χ0v) is 19.1. The van der Waals surface area contributed by atoms with E-state index < -0.39 is 0 Å². The van der Waals surface area contributed by atoms with Crippen LogP contribution in [0.25, 0.3) is 0 Å². The van der Waals surface area contributed by atoms with Crippen molar-refractivity contribution in [3.8, 4) is 0 Å². The molecule has 4 heterocycles. The van der Waals surface area contributed by atoms with Gasteiger partial charge in [-0.05, 0) is 42.9 Å². The lowest BCUT2D eigenvalue weighted by molar-refractivity contribution is 0.401. The van der Waals surface area contributed by atoms with Crippen molar-refractivity contribution < 1.29 is 0 Å². The molecule has 0 bridgehead atoms. The van der Waals surface area contributed by atoms with Crippen molar-refractivity contribution in [1.29, 1.82) is 0 Å². The maximum atomic E-state index is 4.90. The fourth-order valence-corrected chi connectivity index (χ4v) is 4.14. The first-order valence-corrected chi connectivity index (χ1v) is 11.5. The van der Waals surface area contributed by atoms with Crippen LogP contribution in [-0.4, -0.2) is 38.2 Å². The summed E-state index contributed by atoms with van der Waals surface area (Å²) in [4.78, 5) is 16.4. The molecule has 0 atom stereocenters. The van der Waals surface area contributed by atoms with Crippen molar-refractivity contribution in [2.75, 3.05) is 23.3 Å². The average Bonchev–Trinajstić information content (AvgIpc) is 3.25. The Bertz CT molecular complexity index is 1200. The molecule has 0 spiro atoms. The van der Waals surface area contributed by atoms with Crippen LogP contribution in [0.2, 0.25) is 0 Å². The number of H-pyrrole nitrogens is 1. The molecule has 0 unspecified atom stereocenters. The lowest BCUT2D eigenvalue weighted by Gasteiger charge is -2.39. The second-order valence-corrected chi connectivity index (χ2v) is 8.75. The maximum absolute atomic E-state index is 4.90. The highest BCUT2D eigenvalue weighted by molar-refractivity contribution is 5.55. The van der Waals surface area contributed by atoms with E-state index in [0.29, 0.717) is 5.92 Å². The van der Waals surface area contributed by atoms with E-state index in [1.54, 1.807) is 0 Å². The topological polar surface area (TPSA) is 82.6 Å². The number of rotatable bonds is 8. The zero-order chi connectivity index (χ0) is 22.6. The minimum Gasteiger partial charge on any atom is -0.340 e. The predicted octanol–water partition coefficient (Wildman–Crippen LogP) is 4.48. The smallest absolute Gasteiger partial charge is 0.227 e. The van der Waals surface area contributed by atoms with Crippen molar-refractivity contribution in [3.05, 3.63) is 89.0 Å². The molecule has 0 aliphatic carbocycles. The Morgan fingerprint density at radius 2 is 1.85 bits per heavy atom. The number of hydrogen-bond acceptors (Lipinski definition) is 6. The normalized spacial score (nSPS) is 13.7. The van der Waals surface area contributed by atoms with Gasteiger partial charge in [0.25, 0.3) is 0 Å². The van der Waals surface area contributed by atoms with E-state index in [4.69, 9.17) is 9.97 Å². The third-order valence-electron chi connectivity index (χ3n) is 6.00. The van der Waals surface area contributed by atoms with E-state index >= 15 is 0 Å². The summed E-state index contributed by atoms with van der Waals surface area (Å²) in [5, 5.41) is 10.8. The van der Waals surface area contributed by atoms with Crippen LogP contribution in [0.3, 0.4) is 0 Å². The summed E-state index contributed by atoms with van der Waals surface area (Å²) in [7, 11) is 0. The van der Waals surface area contributed by atoms with Gasteiger partial charge in [0.2, 0.25) is 5.95 Å². The Morgan fingerprint density at radius 3 is 2.58 bits per heavy atom. The van der Waals surface area contributed by atoms with Gasteiger partial charge in [-0.2, -0.15) is 10.1 Å². The fourth-order valence-electron chi connectivity index (χ4n) is 4.14. The number of benzene rings is 1. The van der Waals surface area contributed by atoms with Gasteiger partial charge in [-0.3, -0.25) is 10.1 Å². The monoisotopic (exact) mass is 439 g/mol. The molecular weight excluding hydrogens is 410 g/mol. The first kappa shape index (κ1) is 21.1. The second kappa shape index (κ2) is 9.40. The summed E-state index contributed by atoms with van der Waals surface area (Å²) in [6.45, 7) is 6.02. The third-order valence-corrected chi connectivity index (χ3v) is 6.00. The van der Waals surface area contributed by atoms with E-state index in [9.17, 15) is 0 Å². The Balaban J connectivity index is 1.33. The van der Waals surface area contributed by atoms with Crippen LogP contribution in [0.4, 0.5) is 17.6 Å². The maximum Gasteiger partial charge on any atom is 0.227 e. The van der Waals surface area contributed by atoms with Gasteiger partial charge in [-0.25, -0.2) is 4.98 Å². The van der Waals surface area contributed by atoms with Crippen molar-refractivity contribution in [1.82, 2.24) is 25.1 Å². The molecule has 7 nitrogen and oxygen atoms in total. The molecule has 5 rings (SSSR count). The highest BCUT2D eigenvalue weighted by Crippen LogP contribution is 2.27. The molecule has 1 aromatic carbocycles. The SMILES string of the molecule is CCc1cc(Nc2cc(Cc3ccccc3)nc(N3CC(Cc4ccc(C)nc4)C3)n2)n[nH]1. The van der Waals surface area contributed by atoms with Crippen molar-refractivity contribution in [2.45, 2.75) is 33.1 Å². The lowest BCUT2D eigenvalue weighted by Crippen LogP contribution is -2.48. The van der Waals surface area contributed by atoms with Gasteiger partial charge in [0.1, 0.15) is 5.82 Å². The Labute approximate surface area is 194 Å². The first-order valence-electron chi connectivity index (χ1n) is 11.5. The van der Waals surface area contributed by atoms with Crippen LogP contribution in [-0.2, 0) is 19.3 Å². The number of aryl methyl sites for hydroxylation is 2. The van der Waals surface area contributed by atoms with Gasteiger partial charge in [0, 0.05) is 49.2 Å². The summed E-state index contributed by atoms with van der Waals surface area (Å²) < 4.78 is 0. The van der Waals surface area contributed by atoms with Gasteiger partial charge < -0.3 is 10.2 Å². The molecule has 1 aliphatic heterocycles. The van der Waals surface area contributed by atoms with Gasteiger partial charge in [0.05, 0.1) is 5.69 Å². The molecule has 168 valence electrons. The van der Waals surface area contributed by atoms with Crippen molar-refractivity contribution >= 4 is 17.6 Å². The number of aromatic amines is 1. The molecule has 1 fully saturated rings. The quantitative estimate of drug-likeness (QED) is 0.421. The Kier molecular flexibility index (Phi) is 6.02. The van der Waals surface area contributed by atoms with E-state index in [0.717, 1.165) is 67.0 Å². The van der Waals surface area contributed by atoms with Crippen molar-refractivity contribution in [2.24, 2.45) is 5.92 Å². The number of aromatic nitrogens is 5. The third kappa shape index (κ3) is 5.19. The fraction of sp³-hybridized carbons (Fsp3) is 0.308. The minimum absolute atomic E-state index is 0.589. The highest BCUT2D eigenvalue weighted by Gasteiger charge is 2.29. The van der Waals surface area contributed by atoms with E-state index in [-0.39, 0.29) is 0 Å². The Morgan fingerprint density at radius 1 is 1.00 bits per heavy atom. The molecule has 2 N–H and O–H groups in total. The number of hydrogen-bond donors (Lipinski definition) is 2. The molecule has 0 saturated carbocycles. The summed E-state index contributed by atoms with van der Waals surface area (Å²) in [5.74, 6) is 2.91. The average molecular weight is 440 g/mol. The van der Waals surface area contributed by atoms with E-state index in [1.807, 2.05) is 31.3 Å². The standard InChI is InChI=1S/C26H29N7/c1-3-22-13-25(32-31-22)29-24-14-23(12-19-7-5-4-6-8-19)28-26(30-24)33-16-21(17-33)11-20-10-9-18(2)27-15-20/h4-10,13-15,21H,3,11-12,16-17H2,1-2H3,(H2,28,29,30,31,32). The van der Waals surface area contributed by atoms with Crippen LogP contribution in [0.15, 0.2) is 60.8 Å².